The van der Waals surface area contributed by atoms with Crippen LogP contribution < -0.4 is 9.64 Å². The first-order chi connectivity index (χ1) is 19.1. The maximum atomic E-state index is 11.9. The molecule has 0 amide bonds. The van der Waals surface area contributed by atoms with E-state index in [1.807, 2.05) is 18.2 Å². The minimum Gasteiger partial charge on any atom is -0.478 e. The van der Waals surface area contributed by atoms with Crippen LogP contribution in [0.5, 0.6) is 11.5 Å². The number of piperazine rings is 1. The van der Waals surface area contributed by atoms with E-state index in [9.17, 15) is 9.90 Å². The van der Waals surface area contributed by atoms with E-state index in [1.54, 1.807) is 30.3 Å². The van der Waals surface area contributed by atoms with Gasteiger partial charge in [0.25, 0.3) is 0 Å². The predicted molar refractivity (Wildman–Crippen MR) is 165 cm³/mol. The van der Waals surface area contributed by atoms with E-state index >= 15 is 0 Å². The van der Waals surface area contributed by atoms with Crippen LogP contribution in [-0.4, -0.2) is 48.7 Å². The Morgan fingerprint density at radius 2 is 1.68 bits per heavy atom. The molecule has 0 unspecified atom stereocenters. The first-order valence-electron chi connectivity index (χ1n) is 13.5. The molecular formula is C32H33Cl3N2O3. The van der Waals surface area contributed by atoms with Crippen molar-refractivity contribution in [1.29, 1.82) is 0 Å². The monoisotopic (exact) mass is 598 g/mol. The molecular weight excluding hydrogens is 567 g/mol. The lowest BCUT2D eigenvalue weighted by Gasteiger charge is -2.39. The maximum Gasteiger partial charge on any atom is 0.339 e. The summed E-state index contributed by atoms with van der Waals surface area (Å²) in [5.74, 6) is -0.511. The van der Waals surface area contributed by atoms with E-state index in [-0.39, 0.29) is 21.8 Å². The predicted octanol–water partition coefficient (Wildman–Crippen LogP) is 8.92. The molecule has 1 heterocycles. The molecule has 5 nitrogen and oxygen atoms in total. The van der Waals surface area contributed by atoms with E-state index in [1.165, 1.54) is 23.1 Å². The van der Waals surface area contributed by atoms with Crippen LogP contribution in [0.15, 0.2) is 66.2 Å². The van der Waals surface area contributed by atoms with Crippen molar-refractivity contribution in [3.05, 3.63) is 92.4 Å². The van der Waals surface area contributed by atoms with Gasteiger partial charge in [0.2, 0.25) is 0 Å². The Labute approximate surface area is 250 Å². The number of benzene rings is 3. The Balaban J connectivity index is 1.31. The molecule has 0 aromatic heterocycles. The summed E-state index contributed by atoms with van der Waals surface area (Å²) in [6.45, 7) is 9.16. The van der Waals surface area contributed by atoms with Gasteiger partial charge in [-0.1, -0.05) is 72.4 Å². The van der Waals surface area contributed by atoms with Crippen LogP contribution in [0.1, 0.15) is 49.0 Å². The molecule has 3 aromatic carbocycles. The summed E-state index contributed by atoms with van der Waals surface area (Å²) >= 11 is 18.6. The first-order valence-corrected chi connectivity index (χ1v) is 14.7. The number of rotatable bonds is 7. The van der Waals surface area contributed by atoms with E-state index in [0.717, 1.165) is 56.3 Å². The highest BCUT2D eigenvalue weighted by atomic mass is 35.5. The molecule has 1 saturated heterocycles. The van der Waals surface area contributed by atoms with Gasteiger partial charge in [-0.05, 0) is 72.2 Å². The molecule has 8 heteroatoms. The number of halogens is 3. The number of nitrogens with zero attached hydrogens (tertiary/aromatic N) is 2. The van der Waals surface area contributed by atoms with E-state index in [0.29, 0.717) is 10.8 Å². The van der Waals surface area contributed by atoms with E-state index in [2.05, 4.69) is 35.8 Å². The number of carboxylic acid groups (broad SMARTS) is 1. The number of aromatic carboxylic acids is 1. The Bertz CT molecular complexity index is 1430. The van der Waals surface area contributed by atoms with Gasteiger partial charge in [-0.2, -0.15) is 0 Å². The average molecular weight is 600 g/mol. The SMILES string of the molecule is CC1(C)CCC(CN2CCN(c3ccc(C(=O)O)c(Oc4cccc(Cl)c4Cl)c3)CC2)=C(c2ccc(Cl)cc2)C1. The average Bonchev–Trinajstić information content (AvgIpc) is 2.93. The smallest absolute Gasteiger partial charge is 0.339 e. The van der Waals surface area contributed by atoms with Crippen LogP contribution in [0.2, 0.25) is 15.1 Å². The summed E-state index contributed by atoms with van der Waals surface area (Å²) in [4.78, 5) is 16.7. The number of hydrogen-bond donors (Lipinski definition) is 1. The van der Waals surface area contributed by atoms with Gasteiger partial charge in [0.05, 0.1) is 5.02 Å². The fraction of sp³-hybridized carbons (Fsp3) is 0.344. The molecule has 2 aliphatic rings. The summed E-state index contributed by atoms with van der Waals surface area (Å²) in [5.41, 5.74) is 5.53. The third-order valence-electron chi connectivity index (χ3n) is 7.86. The molecule has 0 spiro atoms. The lowest BCUT2D eigenvalue weighted by molar-refractivity contribution is 0.0694. The van der Waals surface area contributed by atoms with Crippen molar-refractivity contribution < 1.29 is 14.6 Å². The molecule has 5 rings (SSSR count). The highest BCUT2D eigenvalue weighted by Gasteiger charge is 2.29. The van der Waals surface area contributed by atoms with Gasteiger partial charge in [-0.25, -0.2) is 4.79 Å². The van der Waals surface area contributed by atoms with Crippen molar-refractivity contribution >= 4 is 52.0 Å². The minimum atomic E-state index is -1.06. The quantitative estimate of drug-likeness (QED) is 0.294. The summed E-state index contributed by atoms with van der Waals surface area (Å²) in [6.07, 6.45) is 3.36. The third kappa shape index (κ3) is 6.60. The molecule has 210 valence electrons. The van der Waals surface area contributed by atoms with Gasteiger partial charge >= 0.3 is 5.97 Å². The molecule has 1 aliphatic carbocycles. The van der Waals surface area contributed by atoms with Crippen LogP contribution >= 0.6 is 34.8 Å². The Morgan fingerprint density at radius 1 is 0.950 bits per heavy atom. The summed E-state index contributed by atoms with van der Waals surface area (Å²) in [6, 6.07) is 18.5. The fourth-order valence-corrected chi connectivity index (χ4v) is 6.00. The fourth-order valence-electron chi connectivity index (χ4n) is 5.55. The molecule has 0 bridgehead atoms. The van der Waals surface area contributed by atoms with E-state index in [4.69, 9.17) is 39.5 Å². The van der Waals surface area contributed by atoms with Crippen LogP contribution in [0.25, 0.3) is 5.57 Å². The number of carboxylic acids is 1. The molecule has 0 radical (unpaired) electrons. The standard InChI is InChI=1S/C32H33Cl3N2O3/c1-32(2)13-12-22(26(19-32)21-6-8-23(33)9-7-21)20-36-14-16-37(17-15-36)24-10-11-25(31(38)39)29(18-24)40-28-5-3-4-27(34)30(28)35/h3-11,18H,12-17,19-20H2,1-2H3,(H,38,39). The summed E-state index contributed by atoms with van der Waals surface area (Å²) in [7, 11) is 0. The zero-order chi connectivity index (χ0) is 28.4. The topological polar surface area (TPSA) is 53.0 Å². The zero-order valence-electron chi connectivity index (χ0n) is 22.7. The highest BCUT2D eigenvalue weighted by molar-refractivity contribution is 6.42. The van der Waals surface area contributed by atoms with Crippen molar-refractivity contribution in [2.45, 2.75) is 33.1 Å². The first kappa shape index (κ1) is 28.8. The van der Waals surface area contributed by atoms with Gasteiger partial charge in [0, 0.05) is 49.5 Å². The molecule has 0 atom stereocenters. The second-order valence-corrected chi connectivity index (χ2v) is 12.6. The van der Waals surface area contributed by atoms with Crippen LogP contribution in [-0.2, 0) is 0 Å². The van der Waals surface area contributed by atoms with Gasteiger partial charge < -0.3 is 14.7 Å². The Morgan fingerprint density at radius 3 is 2.38 bits per heavy atom. The molecule has 3 aromatic rings. The highest BCUT2D eigenvalue weighted by Crippen LogP contribution is 2.43. The van der Waals surface area contributed by atoms with Crippen molar-refractivity contribution in [2.75, 3.05) is 37.6 Å². The number of carbonyl (C=O) groups is 1. The Kier molecular flexibility index (Phi) is 8.67. The van der Waals surface area contributed by atoms with E-state index < -0.39 is 5.97 Å². The number of anilines is 1. The summed E-state index contributed by atoms with van der Waals surface area (Å²) < 4.78 is 5.96. The molecule has 40 heavy (non-hydrogen) atoms. The zero-order valence-corrected chi connectivity index (χ0v) is 25.0. The van der Waals surface area contributed by atoms with Crippen molar-refractivity contribution in [3.8, 4) is 11.5 Å². The minimum absolute atomic E-state index is 0.0697. The number of hydrogen-bond acceptors (Lipinski definition) is 4. The maximum absolute atomic E-state index is 11.9. The largest absolute Gasteiger partial charge is 0.478 e. The van der Waals surface area contributed by atoms with Crippen molar-refractivity contribution in [1.82, 2.24) is 4.90 Å². The normalized spacial score (nSPS) is 17.7. The molecule has 1 aliphatic heterocycles. The van der Waals surface area contributed by atoms with Gasteiger partial charge in [-0.3, -0.25) is 4.90 Å². The lowest BCUT2D eigenvalue weighted by Crippen LogP contribution is -2.47. The molecule has 1 N–H and O–H groups in total. The molecule has 0 saturated carbocycles. The van der Waals surface area contributed by atoms with Crippen molar-refractivity contribution in [3.63, 3.8) is 0 Å². The second-order valence-electron chi connectivity index (χ2n) is 11.3. The van der Waals surface area contributed by atoms with Crippen LogP contribution in [0.4, 0.5) is 5.69 Å². The van der Waals surface area contributed by atoms with Gasteiger partial charge in [0.15, 0.2) is 0 Å². The Hall–Kier alpha value is -2.70. The second kappa shape index (κ2) is 12.0. The van der Waals surface area contributed by atoms with Crippen LogP contribution in [0, 0.1) is 5.41 Å². The van der Waals surface area contributed by atoms with Gasteiger partial charge in [0.1, 0.15) is 22.1 Å². The van der Waals surface area contributed by atoms with Gasteiger partial charge in [-0.15, -0.1) is 0 Å². The lowest BCUT2D eigenvalue weighted by atomic mass is 9.72. The number of allylic oxidation sites excluding steroid dienone is 1. The summed E-state index contributed by atoms with van der Waals surface area (Å²) in [5, 5.41) is 11.1. The third-order valence-corrected chi connectivity index (χ3v) is 8.92. The van der Waals surface area contributed by atoms with Crippen LogP contribution in [0.3, 0.4) is 0 Å². The molecule has 1 fully saturated rings. The van der Waals surface area contributed by atoms with Crippen molar-refractivity contribution in [2.24, 2.45) is 5.41 Å². The number of ether oxygens (including phenoxy) is 1.